The standard InChI is InChI=1S/C17H20BrNO/c1-14(15-8-10-16(18)11-9-15)19-12-5-13-20-17-6-3-2-4-7-17/h2-4,6-11,14,19H,5,12-13H2,1H3. The minimum atomic E-state index is 0.361. The normalized spacial score (nSPS) is 12.1. The van der Waals surface area contributed by atoms with E-state index in [-0.39, 0.29) is 0 Å². The zero-order valence-corrected chi connectivity index (χ0v) is 13.3. The quantitative estimate of drug-likeness (QED) is 0.749. The number of benzene rings is 2. The first-order chi connectivity index (χ1) is 9.75. The van der Waals surface area contributed by atoms with Crippen LogP contribution in [0.25, 0.3) is 0 Å². The van der Waals surface area contributed by atoms with Crippen LogP contribution in [0.2, 0.25) is 0 Å². The number of halogens is 1. The van der Waals surface area contributed by atoms with Crippen molar-refractivity contribution in [3.8, 4) is 5.75 Å². The first-order valence-electron chi connectivity index (χ1n) is 6.92. The summed E-state index contributed by atoms with van der Waals surface area (Å²) < 4.78 is 6.78. The van der Waals surface area contributed by atoms with Crippen molar-refractivity contribution in [2.24, 2.45) is 0 Å². The number of nitrogens with one attached hydrogen (secondary N) is 1. The Bertz CT molecular complexity index is 498. The second kappa shape index (κ2) is 8.08. The summed E-state index contributed by atoms with van der Waals surface area (Å²) in [7, 11) is 0. The Morgan fingerprint density at radius 1 is 1.05 bits per heavy atom. The lowest BCUT2D eigenvalue weighted by Gasteiger charge is -2.14. The van der Waals surface area contributed by atoms with Gasteiger partial charge in [0.2, 0.25) is 0 Å². The van der Waals surface area contributed by atoms with Gasteiger partial charge in [-0.15, -0.1) is 0 Å². The van der Waals surface area contributed by atoms with E-state index in [1.807, 2.05) is 30.3 Å². The fourth-order valence-corrected chi connectivity index (χ4v) is 2.23. The minimum absolute atomic E-state index is 0.361. The zero-order valence-electron chi connectivity index (χ0n) is 11.7. The Balaban J connectivity index is 1.64. The fourth-order valence-electron chi connectivity index (χ4n) is 1.97. The molecule has 0 radical (unpaired) electrons. The van der Waals surface area contributed by atoms with Gasteiger partial charge in [-0.25, -0.2) is 0 Å². The van der Waals surface area contributed by atoms with E-state index in [1.165, 1.54) is 5.56 Å². The van der Waals surface area contributed by atoms with E-state index in [1.54, 1.807) is 0 Å². The largest absolute Gasteiger partial charge is 0.494 e. The van der Waals surface area contributed by atoms with Gasteiger partial charge >= 0.3 is 0 Å². The van der Waals surface area contributed by atoms with Gasteiger partial charge in [-0.3, -0.25) is 0 Å². The molecule has 0 aliphatic rings. The predicted molar refractivity (Wildman–Crippen MR) is 87.1 cm³/mol. The van der Waals surface area contributed by atoms with Crippen LogP contribution in [0.15, 0.2) is 59.1 Å². The molecule has 1 atom stereocenters. The molecule has 0 aliphatic carbocycles. The Morgan fingerprint density at radius 3 is 2.45 bits per heavy atom. The summed E-state index contributed by atoms with van der Waals surface area (Å²) in [5.41, 5.74) is 1.30. The van der Waals surface area contributed by atoms with Gasteiger partial charge in [0, 0.05) is 10.5 Å². The second-order valence-electron chi connectivity index (χ2n) is 4.74. The molecule has 0 saturated heterocycles. The van der Waals surface area contributed by atoms with Gasteiger partial charge in [0.15, 0.2) is 0 Å². The summed E-state index contributed by atoms with van der Waals surface area (Å²) in [6, 6.07) is 18.7. The highest BCUT2D eigenvalue weighted by Crippen LogP contribution is 2.16. The van der Waals surface area contributed by atoms with Gasteiger partial charge < -0.3 is 10.1 Å². The number of ether oxygens (including phenoxy) is 1. The van der Waals surface area contributed by atoms with E-state index in [0.29, 0.717) is 6.04 Å². The van der Waals surface area contributed by atoms with Gasteiger partial charge in [0.1, 0.15) is 5.75 Å². The molecule has 0 spiro atoms. The average Bonchev–Trinajstić information content (AvgIpc) is 2.48. The Morgan fingerprint density at radius 2 is 1.75 bits per heavy atom. The molecule has 0 fully saturated rings. The van der Waals surface area contributed by atoms with Crippen LogP contribution in [0.4, 0.5) is 0 Å². The Kier molecular flexibility index (Phi) is 6.09. The number of hydrogen-bond donors (Lipinski definition) is 1. The van der Waals surface area contributed by atoms with Gasteiger partial charge in [-0.1, -0.05) is 46.3 Å². The first-order valence-corrected chi connectivity index (χ1v) is 7.72. The third-order valence-corrected chi connectivity index (χ3v) is 3.68. The minimum Gasteiger partial charge on any atom is -0.494 e. The predicted octanol–water partition coefficient (Wildman–Crippen LogP) is 4.57. The molecule has 106 valence electrons. The zero-order chi connectivity index (χ0) is 14.2. The molecule has 1 unspecified atom stereocenters. The van der Waals surface area contributed by atoms with Crippen molar-refractivity contribution in [3.05, 3.63) is 64.6 Å². The van der Waals surface area contributed by atoms with Crippen molar-refractivity contribution in [3.63, 3.8) is 0 Å². The van der Waals surface area contributed by atoms with Crippen molar-refractivity contribution in [2.75, 3.05) is 13.2 Å². The fraction of sp³-hybridized carbons (Fsp3) is 0.294. The van der Waals surface area contributed by atoms with Crippen LogP contribution in [0.5, 0.6) is 5.75 Å². The van der Waals surface area contributed by atoms with Crippen molar-refractivity contribution in [2.45, 2.75) is 19.4 Å². The van der Waals surface area contributed by atoms with Crippen LogP contribution < -0.4 is 10.1 Å². The Hall–Kier alpha value is -1.32. The van der Waals surface area contributed by atoms with Gasteiger partial charge in [-0.05, 0) is 49.7 Å². The van der Waals surface area contributed by atoms with Crippen LogP contribution in [0.1, 0.15) is 24.9 Å². The van der Waals surface area contributed by atoms with Crippen molar-refractivity contribution >= 4 is 15.9 Å². The van der Waals surface area contributed by atoms with E-state index in [4.69, 9.17) is 4.74 Å². The van der Waals surface area contributed by atoms with E-state index in [0.717, 1.165) is 29.8 Å². The number of para-hydroxylation sites is 1. The van der Waals surface area contributed by atoms with Crippen molar-refractivity contribution < 1.29 is 4.74 Å². The molecule has 3 heteroatoms. The van der Waals surface area contributed by atoms with Gasteiger partial charge in [-0.2, -0.15) is 0 Å². The van der Waals surface area contributed by atoms with Crippen molar-refractivity contribution in [1.82, 2.24) is 5.32 Å². The Labute approximate surface area is 129 Å². The molecule has 0 amide bonds. The molecular weight excluding hydrogens is 314 g/mol. The van der Waals surface area contributed by atoms with Crippen LogP contribution in [-0.4, -0.2) is 13.2 Å². The third-order valence-electron chi connectivity index (χ3n) is 3.15. The third kappa shape index (κ3) is 4.99. The van der Waals surface area contributed by atoms with Crippen LogP contribution in [-0.2, 0) is 0 Å². The maximum atomic E-state index is 5.66. The van der Waals surface area contributed by atoms with E-state index >= 15 is 0 Å². The molecule has 2 rings (SSSR count). The number of rotatable bonds is 7. The van der Waals surface area contributed by atoms with Crippen molar-refractivity contribution in [1.29, 1.82) is 0 Å². The van der Waals surface area contributed by atoms with Gasteiger partial charge in [0.25, 0.3) is 0 Å². The molecule has 0 heterocycles. The summed E-state index contributed by atoms with van der Waals surface area (Å²) in [5.74, 6) is 0.938. The lowest BCUT2D eigenvalue weighted by atomic mass is 10.1. The topological polar surface area (TPSA) is 21.3 Å². The molecule has 2 aromatic rings. The van der Waals surface area contributed by atoms with E-state index < -0.39 is 0 Å². The summed E-state index contributed by atoms with van der Waals surface area (Å²) >= 11 is 3.45. The summed E-state index contributed by atoms with van der Waals surface area (Å²) in [6.07, 6.45) is 0.996. The highest BCUT2D eigenvalue weighted by Gasteiger charge is 2.03. The lowest BCUT2D eigenvalue weighted by molar-refractivity contribution is 0.305. The van der Waals surface area contributed by atoms with Crippen LogP contribution in [0.3, 0.4) is 0 Å². The molecule has 20 heavy (non-hydrogen) atoms. The average molecular weight is 334 g/mol. The molecule has 0 aromatic heterocycles. The van der Waals surface area contributed by atoms with Crippen LogP contribution in [0, 0.1) is 0 Å². The molecule has 0 bridgehead atoms. The summed E-state index contributed by atoms with van der Waals surface area (Å²) in [6.45, 7) is 3.87. The van der Waals surface area contributed by atoms with Crippen LogP contribution >= 0.6 is 15.9 Å². The summed E-state index contributed by atoms with van der Waals surface area (Å²) in [5, 5.41) is 3.51. The first kappa shape index (κ1) is 15.1. The lowest BCUT2D eigenvalue weighted by Crippen LogP contribution is -2.21. The summed E-state index contributed by atoms with van der Waals surface area (Å²) in [4.78, 5) is 0. The molecule has 2 aromatic carbocycles. The highest BCUT2D eigenvalue weighted by atomic mass is 79.9. The monoisotopic (exact) mass is 333 g/mol. The molecule has 1 N–H and O–H groups in total. The number of hydrogen-bond acceptors (Lipinski definition) is 2. The smallest absolute Gasteiger partial charge is 0.119 e. The highest BCUT2D eigenvalue weighted by molar-refractivity contribution is 9.10. The maximum Gasteiger partial charge on any atom is 0.119 e. The van der Waals surface area contributed by atoms with E-state index in [2.05, 4.69) is 52.4 Å². The maximum absolute atomic E-state index is 5.66. The second-order valence-corrected chi connectivity index (χ2v) is 5.66. The van der Waals surface area contributed by atoms with Gasteiger partial charge in [0.05, 0.1) is 6.61 Å². The molecule has 0 aliphatic heterocycles. The SMILES string of the molecule is CC(NCCCOc1ccccc1)c1ccc(Br)cc1. The molecular formula is C17H20BrNO. The molecule has 2 nitrogen and oxygen atoms in total. The molecule has 0 saturated carbocycles. The van der Waals surface area contributed by atoms with E-state index in [9.17, 15) is 0 Å².